The molecule has 5 heteroatoms. The monoisotopic (exact) mass is 352 g/mol. The van der Waals surface area contributed by atoms with Gasteiger partial charge in [-0.15, -0.1) is 0 Å². The fourth-order valence-electron chi connectivity index (χ4n) is 2.56. The summed E-state index contributed by atoms with van der Waals surface area (Å²) in [7, 11) is 0. The van der Waals surface area contributed by atoms with Gasteiger partial charge in [-0.2, -0.15) is 0 Å². The minimum Gasteiger partial charge on any atom is -0.366 e. The molecular weight excluding hydrogens is 332 g/mol. The first-order chi connectivity index (χ1) is 12.1. The number of nitrogens with zero attached hydrogens (tertiary/aromatic N) is 2. The molecule has 25 heavy (non-hydrogen) atoms. The number of hydrogen-bond donors (Lipinski definition) is 2. The van der Waals surface area contributed by atoms with Gasteiger partial charge in [0.2, 0.25) is 0 Å². The summed E-state index contributed by atoms with van der Waals surface area (Å²) in [5.74, 6) is 2.34. The van der Waals surface area contributed by atoms with Gasteiger partial charge in [0.05, 0.1) is 0 Å². The van der Waals surface area contributed by atoms with Gasteiger partial charge >= 0.3 is 0 Å². The Morgan fingerprint density at radius 2 is 1.44 bits per heavy atom. The summed E-state index contributed by atoms with van der Waals surface area (Å²) in [6, 6.07) is 18.1. The van der Waals surface area contributed by atoms with Gasteiger partial charge in [-0.3, -0.25) is 0 Å². The Balaban J connectivity index is 1.64. The first-order valence-electron chi connectivity index (χ1n) is 8.22. The average molecular weight is 353 g/mol. The van der Waals surface area contributed by atoms with Crippen LogP contribution in [0.4, 0.5) is 11.6 Å². The van der Waals surface area contributed by atoms with Crippen LogP contribution in [0.3, 0.4) is 0 Å². The van der Waals surface area contributed by atoms with Gasteiger partial charge in [-0.1, -0.05) is 53.6 Å². The highest BCUT2D eigenvalue weighted by Crippen LogP contribution is 2.15. The molecule has 0 saturated heterocycles. The molecule has 128 valence electrons. The van der Waals surface area contributed by atoms with Crippen molar-refractivity contribution >= 4 is 23.2 Å². The zero-order chi connectivity index (χ0) is 17.6. The smallest absolute Gasteiger partial charge is 0.132 e. The molecule has 1 heterocycles. The maximum Gasteiger partial charge on any atom is 0.132 e. The van der Waals surface area contributed by atoms with E-state index in [4.69, 9.17) is 11.6 Å². The maximum atomic E-state index is 5.92. The van der Waals surface area contributed by atoms with Gasteiger partial charge in [0.25, 0.3) is 0 Å². The van der Waals surface area contributed by atoms with Crippen molar-refractivity contribution in [3.8, 4) is 0 Å². The summed E-state index contributed by atoms with van der Waals surface area (Å²) in [6.45, 7) is 5.40. The fraction of sp³-hybridized carbons (Fsp3) is 0.200. The summed E-state index contributed by atoms with van der Waals surface area (Å²) in [5, 5.41) is 7.44. The first-order valence-corrected chi connectivity index (χ1v) is 8.60. The molecule has 3 aromatic rings. The molecule has 4 nitrogen and oxygen atoms in total. The first kappa shape index (κ1) is 17.2. The number of benzene rings is 2. The number of nitrogens with one attached hydrogen (secondary N) is 2. The van der Waals surface area contributed by atoms with Gasteiger partial charge in [0, 0.05) is 24.2 Å². The Bertz CT molecular complexity index is 847. The van der Waals surface area contributed by atoms with Crippen LogP contribution in [-0.2, 0) is 13.1 Å². The van der Waals surface area contributed by atoms with E-state index in [-0.39, 0.29) is 0 Å². The zero-order valence-corrected chi connectivity index (χ0v) is 15.1. The molecule has 0 atom stereocenters. The molecule has 1 aromatic heterocycles. The highest BCUT2D eigenvalue weighted by molar-refractivity contribution is 6.30. The molecule has 0 fully saturated rings. The Hall–Kier alpha value is -2.59. The number of halogens is 1. The Morgan fingerprint density at radius 3 is 2.08 bits per heavy atom. The molecule has 2 aromatic carbocycles. The quantitative estimate of drug-likeness (QED) is 0.657. The third-order valence-electron chi connectivity index (χ3n) is 3.78. The zero-order valence-electron chi connectivity index (χ0n) is 14.4. The van der Waals surface area contributed by atoms with Crippen LogP contribution in [0.2, 0.25) is 5.02 Å². The summed E-state index contributed by atoms with van der Waals surface area (Å²) >= 11 is 5.92. The molecule has 0 amide bonds. The lowest BCUT2D eigenvalue weighted by Gasteiger charge is -2.11. The van der Waals surface area contributed by atoms with Gasteiger partial charge in [-0.05, 0) is 37.1 Å². The van der Waals surface area contributed by atoms with E-state index in [1.165, 1.54) is 11.1 Å². The molecule has 0 spiro atoms. The molecule has 0 aliphatic heterocycles. The maximum absolute atomic E-state index is 5.92. The van der Waals surface area contributed by atoms with Crippen molar-refractivity contribution < 1.29 is 0 Å². The Kier molecular flexibility index (Phi) is 5.51. The van der Waals surface area contributed by atoms with E-state index in [0.717, 1.165) is 34.6 Å². The standard InChI is InChI=1S/C20H21ClN4/c1-14-4-3-5-17(10-14)13-23-20-11-19(24-15(2)25-20)22-12-16-6-8-18(21)9-7-16/h3-11H,12-13H2,1-2H3,(H2,22,23,24,25). The van der Waals surface area contributed by atoms with Crippen LogP contribution >= 0.6 is 11.6 Å². The third kappa shape index (κ3) is 5.19. The molecule has 0 radical (unpaired) electrons. The lowest BCUT2D eigenvalue weighted by Crippen LogP contribution is -2.07. The molecule has 0 unspecified atom stereocenters. The van der Waals surface area contributed by atoms with Gasteiger partial charge in [-0.25, -0.2) is 9.97 Å². The number of anilines is 2. The summed E-state index contributed by atoms with van der Waals surface area (Å²) in [4.78, 5) is 8.91. The van der Waals surface area contributed by atoms with E-state index in [1.54, 1.807) is 0 Å². The predicted molar refractivity (Wildman–Crippen MR) is 104 cm³/mol. The summed E-state index contributed by atoms with van der Waals surface area (Å²) < 4.78 is 0. The van der Waals surface area contributed by atoms with Crippen molar-refractivity contribution in [3.63, 3.8) is 0 Å². The number of aromatic nitrogens is 2. The van der Waals surface area contributed by atoms with Crippen LogP contribution in [0, 0.1) is 13.8 Å². The van der Waals surface area contributed by atoms with Crippen molar-refractivity contribution in [1.29, 1.82) is 0 Å². The molecule has 0 aliphatic rings. The van der Waals surface area contributed by atoms with Crippen LogP contribution in [0.25, 0.3) is 0 Å². The van der Waals surface area contributed by atoms with Crippen LogP contribution < -0.4 is 10.6 Å². The van der Waals surface area contributed by atoms with E-state index in [0.29, 0.717) is 6.54 Å². The van der Waals surface area contributed by atoms with Crippen LogP contribution in [0.15, 0.2) is 54.6 Å². The fourth-order valence-corrected chi connectivity index (χ4v) is 2.68. The molecule has 0 bridgehead atoms. The lowest BCUT2D eigenvalue weighted by molar-refractivity contribution is 1.00. The third-order valence-corrected chi connectivity index (χ3v) is 4.03. The average Bonchev–Trinajstić information content (AvgIpc) is 2.59. The van der Waals surface area contributed by atoms with E-state index < -0.39 is 0 Å². The van der Waals surface area contributed by atoms with E-state index in [2.05, 4.69) is 51.8 Å². The number of rotatable bonds is 6. The minimum absolute atomic E-state index is 0.685. The van der Waals surface area contributed by atoms with E-state index >= 15 is 0 Å². The SMILES string of the molecule is Cc1cccc(CNc2cc(NCc3ccc(Cl)cc3)nc(C)n2)c1. The van der Waals surface area contributed by atoms with Gasteiger partial charge in [0.15, 0.2) is 0 Å². The van der Waals surface area contributed by atoms with Gasteiger partial charge < -0.3 is 10.6 Å². The second-order valence-electron chi connectivity index (χ2n) is 6.01. The largest absolute Gasteiger partial charge is 0.366 e. The van der Waals surface area contributed by atoms with Crippen molar-refractivity contribution in [2.24, 2.45) is 0 Å². The normalized spacial score (nSPS) is 10.5. The highest BCUT2D eigenvalue weighted by Gasteiger charge is 2.03. The summed E-state index contributed by atoms with van der Waals surface area (Å²) in [6.07, 6.45) is 0. The van der Waals surface area contributed by atoms with Crippen LogP contribution in [0.5, 0.6) is 0 Å². The molecule has 2 N–H and O–H groups in total. The van der Waals surface area contributed by atoms with Crippen LogP contribution in [-0.4, -0.2) is 9.97 Å². The van der Waals surface area contributed by atoms with Crippen molar-refractivity contribution in [2.45, 2.75) is 26.9 Å². The Labute approximate surface area is 153 Å². The van der Waals surface area contributed by atoms with E-state index in [1.807, 2.05) is 37.3 Å². The van der Waals surface area contributed by atoms with Crippen molar-refractivity contribution in [3.05, 3.63) is 82.1 Å². The van der Waals surface area contributed by atoms with Crippen molar-refractivity contribution in [2.75, 3.05) is 10.6 Å². The molecule has 0 aliphatic carbocycles. The lowest BCUT2D eigenvalue weighted by atomic mass is 10.1. The minimum atomic E-state index is 0.685. The number of hydrogen-bond acceptors (Lipinski definition) is 4. The highest BCUT2D eigenvalue weighted by atomic mass is 35.5. The Morgan fingerprint density at radius 1 is 0.800 bits per heavy atom. The van der Waals surface area contributed by atoms with Crippen LogP contribution in [0.1, 0.15) is 22.5 Å². The second kappa shape index (κ2) is 7.99. The molecule has 0 saturated carbocycles. The predicted octanol–water partition coefficient (Wildman–Crippen LogP) is 4.97. The summed E-state index contributed by atoms with van der Waals surface area (Å²) in [5.41, 5.74) is 3.63. The van der Waals surface area contributed by atoms with Crippen molar-refractivity contribution in [1.82, 2.24) is 9.97 Å². The van der Waals surface area contributed by atoms with E-state index in [9.17, 15) is 0 Å². The second-order valence-corrected chi connectivity index (χ2v) is 6.44. The topological polar surface area (TPSA) is 49.8 Å². The van der Waals surface area contributed by atoms with Gasteiger partial charge in [0.1, 0.15) is 17.5 Å². The molecular formula is C20H21ClN4. The molecule has 3 rings (SSSR count). The number of aryl methyl sites for hydroxylation is 2.